The lowest BCUT2D eigenvalue weighted by Crippen LogP contribution is -2.41. The maximum Gasteiger partial charge on any atom is 0.409 e. The van der Waals surface area contributed by atoms with E-state index < -0.39 is 23.7 Å². The molecule has 2 aromatic carbocycles. The summed E-state index contributed by atoms with van der Waals surface area (Å²) in [6.07, 6.45) is 0.303. The number of anilines is 1. The van der Waals surface area contributed by atoms with Crippen molar-refractivity contribution in [3.05, 3.63) is 65.7 Å². The van der Waals surface area contributed by atoms with Gasteiger partial charge in [-0.15, -0.1) is 0 Å². The van der Waals surface area contributed by atoms with Gasteiger partial charge in [0.2, 0.25) is 0 Å². The molecule has 0 bridgehead atoms. The van der Waals surface area contributed by atoms with Gasteiger partial charge in [0.15, 0.2) is 0 Å². The van der Waals surface area contributed by atoms with Crippen LogP contribution in [0.25, 0.3) is 0 Å². The molecule has 0 fully saturated rings. The number of ether oxygens (including phenoxy) is 2. The lowest BCUT2D eigenvalue weighted by Gasteiger charge is -2.23. The van der Waals surface area contributed by atoms with Gasteiger partial charge < -0.3 is 25.8 Å². The Bertz CT molecular complexity index is 849. The van der Waals surface area contributed by atoms with E-state index in [9.17, 15) is 9.59 Å². The number of carbonyl (C=O) groups is 2. The maximum absolute atomic E-state index is 12.1. The topological polar surface area (TPSA) is 103 Å². The average Bonchev–Trinajstić information content (AvgIpc) is 2.69. The number of nitrogens with two attached hydrogens (primary N) is 1. The van der Waals surface area contributed by atoms with Crippen LogP contribution in [0.5, 0.6) is 0 Å². The van der Waals surface area contributed by atoms with Crippen molar-refractivity contribution in [2.24, 2.45) is 5.73 Å². The van der Waals surface area contributed by atoms with Crippen LogP contribution in [0.15, 0.2) is 54.6 Å². The number of carbonyl (C=O) groups excluding carboxylic acids is 2. The number of alkyl carbamates (subject to hydrolysis) is 1. The number of rotatable bonds is 9. The number of esters is 1. The van der Waals surface area contributed by atoms with E-state index in [2.05, 4.69) is 10.6 Å². The van der Waals surface area contributed by atoms with Crippen LogP contribution < -0.4 is 16.4 Å². The third-order valence-corrected chi connectivity index (χ3v) is 4.31. The molecule has 0 aliphatic rings. The van der Waals surface area contributed by atoms with Crippen molar-refractivity contribution in [3.8, 4) is 0 Å². The molecule has 0 spiro atoms. The second-order valence-corrected chi connectivity index (χ2v) is 8.45. The molecule has 2 aromatic rings. The zero-order valence-electron chi connectivity index (χ0n) is 18.7. The molecule has 0 radical (unpaired) electrons. The highest BCUT2D eigenvalue weighted by molar-refractivity contribution is 5.75. The minimum Gasteiger partial charge on any atom is -0.460 e. The van der Waals surface area contributed by atoms with Gasteiger partial charge in [0.1, 0.15) is 18.2 Å². The largest absolute Gasteiger partial charge is 0.460 e. The highest BCUT2D eigenvalue weighted by atomic mass is 16.6. The Labute approximate surface area is 184 Å². The van der Waals surface area contributed by atoms with Crippen molar-refractivity contribution >= 4 is 17.7 Å². The summed E-state index contributed by atoms with van der Waals surface area (Å²) in [7, 11) is 0. The molecule has 0 aromatic heterocycles. The fourth-order valence-corrected chi connectivity index (χ4v) is 2.86. The van der Waals surface area contributed by atoms with Crippen LogP contribution in [0, 0.1) is 0 Å². The SMILES string of the molecule is CC(NC(=O)OC(C)(C)C)Nc1cccc(CCC(N)C(=O)OCc2ccccc2)c1. The number of aryl methyl sites for hydroxylation is 1. The van der Waals surface area contributed by atoms with Crippen molar-refractivity contribution in [1.82, 2.24) is 5.32 Å². The average molecular weight is 428 g/mol. The highest BCUT2D eigenvalue weighted by Gasteiger charge is 2.18. The van der Waals surface area contributed by atoms with Crippen LogP contribution >= 0.6 is 0 Å². The Kier molecular flexibility index (Phi) is 8.88. The van der Waals surface area contributed by atoms with Crippen LogP contribution in [0.3, 0.4) is 0 Å². The maximum atomic E-state index is 12.1. The van der Waals surface area contributed by atoms with Gasteiger partial charge in [-0.05, 0) is 63.8 Å². The summed E-state index contributed by atoms with van der Waals surface area (Å²) in [5.41, 5.74) is 8.25. The molecule has 0 heterocycles. The minimum atomic E-state index is -0.687. The van der Waals surface area contributed by atoms with Crippen LogP contribution in [0.4, 0.5) is 10.5 Å². The van der Waals surface area contributed by atoms with Crippen LogP contribution in [0.2, 0.25) is 0 Å². The van der Waals surface area contributed by atoms with E-state index in [1.54, 1.807) is 0 Å². The molecule has 0 aliphatic carbocycles. The number of nitrogens with one attached hydrogen (secondary N) is 2. The summed E-state index contributed by atoms with van der Waals surface area (Å²) in [5, 5.41) is 5.96. The lowest BCUT2D eigenvalue weighted by molar-refractivity contribution is -0.146. The predicted molar refractivity (Wildman–Crippen MR) is 121 cm³/mol. The normalized spacial score (nSPS) is 13.1. The Balaban J connectivity index is 1.79. The summed E-state index contributed by atoms with van der Waals surface area (Å²) in [6.45, 7) is 7.49. The highest BCUT2D eigenvalue weighted by Crippen LogP contribution is 2.14. The van der Waals surface area contributed by atoms with Crippen molar-refractivity contribution < 1.29 is 19.1 Å². The Morgan fingerprint density at radius 2 is 1.71 bits per heavy atom. The first-order valence-electron chi connectivity index (χ1n) is 10.4. The van der Waals surface area contributed by atoms with E-state index in [0.717, 1.165) is 16.8 Å². The molecule has 1 amide bonds. The standard InChI is InChI=1S/C24H33N3O4/c1-17(27-23(29)31-24(2,3)4)26-20-12-8-11-18(15-20)13-14-21(25)22(28)30-16-19-9-6-5-7-10-19/h5-12,15,17,21,26H,13-14,16,25H2,1-4H3,(H,27,29). The van der Waals surface area contributed by atoms with Gasteiger partial charge in [0, 0.05) is 5.69 Å². The number of hydrogen-bond acceptors (Lipinski definition) is 6. The molecule has 4 N–H and O–H groups in total. The molecular weight excluding hydrogens is 394 g/mol. The van der Waals surface area contributed by atoms with Crippen molar-refractivity contribution in [2.45, 2.75) is 65.0 Å². The Morgan fingerprint density at radius 3 is 2.39 bits per heavy atom. The first-order chi connectivity index (χ1) is 14.6. The molecule has 2 atom stereocenters. The first kappa shape index (κ1) is 24.2. The van der Waals surface area contributed by atoms with E-state index in [1.807, 2.05) is 82.3 Å². The summed E-state index contributed by atoms with van der Waals surface area (Å²) < 4.78 is 10.6. The van der Waals surface area contributed by atoms with E-state index in [-0.39, 0.29) is 12.8 Å². The molecule has 0 saturated carbocycles. The van der Waals surface area contributed by atoms with Gasteiger partial charge in [-0.1, -0.05) is 42.5 Å². The van der Waals surface area contributed by atoms with Gasteiger partial charge in [-0.25, -0.2) is 4.79 Å². The van der Waals surface area contributed by atoms with E-state index >= 15 is 0 Å². The zero-order chi connectivity index (χ0) is 22.9. The zero-order valence-corrected chi connectivity index (χ0v) is 18.7. The molecule has 168 valence electrons. The summed E-state index contributed by atoms with van der Waals surface area (Å²) in [5.74, 6) is -0.409. The third-order valence-electron chi connectivity index (χ3n) is 4.31. The Hall–Kier alpha value is -3.06. The molecule has 31 heavy (non-hydrogen) atoms. The second kappa shape index (κ2) is 11.4. The Morgan fingerprint density at radius 1 is 1.03 bits per heavy atom. The number of hydrogen-bond donors (Lipinski definition) is 3. The minimum absolute atomic E-state index is 0.218. The molecule has 2 rings (SSSR count). The lowest BCUT2D eigenvalue weighted by atomic mass is 10.1. The van der Waals surface area contributed by atoms with Crippen LogP contribution in [-0.4, -0.2) is 29.9 Å². The molecule has 0 saturated heterocycles. The quantitative estimate of drug-likeness (QED) is 0.413. The molecule has 7 nitrogen and oxygen atoms in total. The summed E-state index contributed by atoms with van der Waals surface area (Å²) in [4.78, 5) is 24.0. The van der Waals surface area contributed by atoms with Gasteiger partial charge >= 0.3 is 12.1 Å². The van der Waals surface area contributed by atoms with Crippen LogP contribution in [-0.2, 0) is 27.3 Å². The van der Waals surface area contributed by atoms with E-state index in [4.69, 9.17) is 15.2 Å². The van der Waals surface area contributed by atoms with Gasteiger partial charge in [0.25, 0.3) is 0 Å². The summed E-state index contributed by atoms with van der Waals surface area (Å²) >= 11 is 0. The fraction of sp³-hybridized carbons (Fsp3) is 0.417. The van der Waals surface area contributed by atoms with Crippen molar-refractivity contribution in [1.29, 1.82) is 0 Å². The van der Waals surface area contributed by atoms with E-state index in [0.29, 0.717) is 12.8 Å². The van der Waals surface area contributed by atoms with E-state index in [1.165, 1.54) is 0 Å². The second-order valence-electron chi connectivity index (χ2n) is 8.45. The van der Waals surface area contributed by atoms with Gasteiger partial charge in [-0.3, -0.25) is 4.79 Å². The van der Waals surface area contributed by atoms with Crippen molar-refractivity contribution in [3.63, 3.8) is 0 Å². The smallest absolute Gasteiger partial charge is 0.409 e. The van der Waals surface area contributed by atoms with Gasteiger partial charge in [-0.2, -0.15) is 0 Å². The fourth-order valence-electron chi connectivity index (χ4n) is 2.86. The molecule has 7 heteroatoms. The van der Waals surface area contributed by atoms with Crippen molar-refractivity contribution in [2.75, 3.05) is 5.32 Å². The van der Waals surface area contributed by atoms with Gasteiger partial charge in [0.05, 0.1) is 6.17 Å². The third kappa shape index (κ3) is 9.53. The predicted octanol–water partition coefficient (Wildman–Crippen LogP) is 3.97. The molecule has 2 unspecified atom stereocenters. The summed E-state index contributed by atoms with van der Waals surface area (Å²) in [6, 6.07) is 16.6. The monoisotopic (exact) mass is 427 g/mol. The molecule has 0 aliphatic heterocycles. The molecular formula is C24H33N3O4. The number of amides is 1. The number of benzene rings is 2. The van der Waals surface area contributed by atoms with Crippen LogP contribution in [0.1, 0.15) is 45.2 Å². The first-order valence-corrected chi connectivity index (χ1v) is 10.4.